The SMILES string of the molecule is [2H]C([2H])([2H])c1c[c-]c(-c2ccc(C([2H])([2H])[2H])cn2)cc1.[2H]c1nc(-c2[c-]ccc3c2sc2ccccc23)c([2H])c([2H])c1[2H].[Ir]. The summed E-state index contributed by atoms with van der Waals surface area (Å²) in [7, 11) is 0. The van der Waals surface area contributed by atoms with Crippen molar-refractivity contribution in [3.05, 3.63) is 120 Å². The zero-order chi connectivity index (χ0) is 31.1. The average Bonchev–Trinajstić information content (AvgIpc) is 3.37. The summed E-state index contributed by atoms with van der Waals surface area (Å²) in [5.74, 6) is 0. The molecule has 0 fully saturated rings. The number of fused-ring (bicyclic) bond motifs is 3. The first-order chi connectivity index (χ1) is 20.3. The van der Waals surface area contributed by atoms with E-state index in [4.69, 9.17) is 13.7 Å². The largest absolute Gasteiger partial charge is 0.305 e. The smallest absolute Gasteiger partial charge is 0.0830 e. The minimum Gasteiger partial charge on any atom is -0.305 e. The third-order valence-electron chi connectivity index (χ3n) is 4.89. The Morgan fingerprint density at radius 2 is 1.74 bits per heavy atom. The molecule has 0 aliphatic carbocycles. The number of rotatable bonds is 2. The third-order valence-corrected chi connectivity index (χ3v) is 6.10. The van der Waals surface area contributed by atoms with Crippen LogP contribution < -0.4 is 0 Å². The van der Waals surface area contributed by atoms with Crippen molar-refractivity contribution >= 4 is 31.5 Å². The summed E-state index contributed by atoms with van der Waals surface area (Å²) < 4.78 is 77.0. The molecule has 1 radical (unpaired) electrons. The number of nitrogens with zero attached hydrogens (tertiary/aromatic N) is 2. The average molecular weight is 645 g/mol. The van der Waals surface area contributed by atoms with E-state index < -0.39 is 13.7 Å². The number of aromatic nitrogens is 2. The molecule has 0 spiro atoms. The van der Waals surface area contributed by atoms with E-state index in [1.165, 1.54) is 24.4 Å². The molecule has 0 saturated carbocycles. The van der Waals surface area contributed by atoms with Gasteiger partial charge in [0.05, 0.1) is 5.48 Å². The van der Waals surface area contributed by atoms with Gasteiger partial charge in [-0.3, -0.25) is 0 Å². The molecule has 0 aliphatic rings. The van der Waals surface area contributed by atoms with Crippen LogP contribution in [0.2, 0.25) is 0 Å². The van der Waals surface area contributed by atoms with Crippen molar-refractivity contribution in [3.8, 4) is 22.5 Å². The Kier molecular flexibility index (Phi) is 4.55. The van der Waals surface area contributed by atoms with Crippen LogP contribution in [0.15, 0.2) is 97.2 Å². The summed E-state index contributed by atoms with van der Waals surface area (Å²) in [6.07, 6.45) is 1.01. The summed E-state index contributed by atoms with van der Waals surface area (Å²) in [4.78, 5) is 8.15. The van der Waals surface area contributed by atoms with E-state index >= 15 is 0 Å². The third kappa shape index (κ3) is 5.15. The molecule has 0 bridgehead atoms. The van der Waals surface area contributed by atoms with Crippen molar-refractivity contribution in [3.63, 3.8) is 0 Å². The van der Waals surface area contributed by atoms with Gasteiger partial charge in [-0.1, -0.05) is 54.7 Å². The van der Waals surface area contributed by atoms with Gasteiger partial charge in [0.1, 0.15) is 0 Å². The monoisotopic (exact) mass is 645 g/mol. The zero-order valence-electron chi connectivity index (χ0n) is 27.6. The normalized spacial score (nSPS) is 15.4. The van der Waals surface area contributed by atoms with Crippen LogP contribution in [-0.2, 0) is 20.1 Å². The van der Waals surface area contributed by atoms with Crippen LogP contribution in [0.5, 0.6) is 0 Å². The second kappa shape index (κ2) is 10.8. The van der Waals surface area contributed by atoms with Gasteiger partial charge in [0.15, 0.2) is 0 Å². The molecule has 0 unspecified atom stereocenters. The van der Waals surface area contributed by atoms with Crippen molar-refractivity contribution in [2.45, 2.75) is 13.7 Å². The Balaban J connectivity index is 0.000000199. The number of hydrogen-bond acceptors (Lipinski definition) is 3. The molecule has 6 rings (SSSR count). The van der Waals surface area contributed by atoms with Crippen molar-refractivity contribution < 1.29 is 33.8 Å². The van der Waals surface area contributed by atoms with Gasteiger partial charge < -0.3 is 9.97 Å². The van der Waals surface area contributed by atoms with Crippen LogP contribution in [-0.4, -0.2) is 9.97 Å². The van der Waals surface area contributed by atoms with E-state index in [-0.39, 0.29) is 61.2 Å². The molecule has 0 amide bonds. The first-order valence-electron chi connectivity index (χ1n) is 15.0. The van der Waals surface area contributed by atoms with Crippen LogP contribution in [0.1, 0.15) is 24.8 Å². The van der Waals surface area contributed by atoms with Gasteiger partial charge >= 0.3 is 0 Å². The fraction of sp³-hybridized carbons (Fsp3) is 0.0667. The number of hydrogen-bond donors (Lipinski definition) is 0. The van der Waals surface area contributed by atoms with Crippen molar-refractivity contribution in [2.75, 3.05) is 0 Å². The molecule has 3 aromatic carbocycles. The zero-order valence-corrected chi connectivity index (χ0v) is 20.8. The summed E-state index contributed by atoms with van der Waals surface area (Å²) in [5.41, 5.74) is 2.41. The molecule has 34 heavy (non-hydrogen) atoms. The van der Waals surface area contributed by atoms with Gasteiger partial charge in [-0.25, -0.2) is 0 Å². The first kappa shape index (κ1) is 14.3. The standard InChI is InChI=1S/C17H10NS.C13H12N.Ir/c1-2-10-16-12(6-1)13-7-5-8-14(17(13)19-16)15-9-3-4-11-18-15;1-10-3-6-12(7-4-10)13-8-5-11(2)9-14-13;/h1-7,9-11H;3-6,8-9H,1-2H3;/q2*-1;/i3D,4D,9D,11D;1D3,2D3;. The Labute approximate surface area is 231 Å². The molecular formula is C30H22IrN2S-2. The van der Waals surface area contributed by atoms with Gasteiger partial charge in [-0.15, -0.1) is 59.2 Å². The van der Waals surface area contributed by atoms with Crippen molar-refractivity contribution in [2.24, 2.45) is 0 Å². The fourth-order valence-corrected chi connectivity index (χ4v) is 4.55. The predicted molar refractivity (Wildman–Crippen MR) is 139 cm³/mol. The maximum Gasteiger partial charge on any atom is 0.0830 e. The Morgan fingerprint density at radius 3 is 2.53 bits per heavy atom. The molecule has 3 aromatic heterocycles. The van der Waals surface area contributed by atoms with Crippen LogP contribution in [0.25, 0.3) is 42.7 Å². The number of benzene rings is 3. The van der Waals surface area contributed by atoms with Crippen molar-refractivity contribution in [1.82, 2.24) is 9.97 Å². The van der Waals surface area contributed by atoms with Crippen LogP contribution >= 0.6 is 11.3 Å². The van der Waals surface area contributed by atoms with E-state index in [0.717, 1.165) is 20.2 Å². The molecule has 169 valence electrons. The predicted octanol–water partition coefficient (Wildman–Crippen LogP) is 8.08. The molecule has 3 heterocycles. The van der Waals surface area contributed by atoms with E-state index in [2.05, 4.69) is 22.1 Å². The molecular weight excluding hydrogens is 613 g/mol. The molecule has 0 aliphatic heterocycles. The van der Waals surface area contributed by atoms with Crippen LogP contribution in [0.3, 0.4) is 0 Å². The Morgan fingerprint density at radius 1 is 0.853 bits per heavy atom. The molecule has 6 aromatic rings. The van der Waals surface area contributed by atoms with Crippen LogP contribution in [0.4, 0.5) is 0 Å². The first-order valence-corrected chi connectivity index (χ1v) is 10.8. The molecule has 0 saturated heterocycles. The molecule has 0 N–H and O–H groups in total. The Hall–Kier alpha value is -3.17. The van der Waals surface area contributed by atoms with Gasteiger partial charge in [-0.05, 0) is 46.0 Å². The van der Waals surface area contributed by atoms with Gasteiger partial charge in [0.2, 0.25) is 0 Å². The maximum atomic E-state index is 8.11. The van der Waals surface area contributed by atoms with E-state index in [0.29, 0.717) is 16.8 Å². The van der Waals surface area contributed by atoms with Gasteiger partial charge in [-0.2, -0.15) is 11.3 Å². The fourth-order valence-electron chi connectivity index (χ4n) is 3.35. The minimum atomic E-state index is -2.18. The number of aryl methyl sites for hydroxylation is 2. The summed E-state index contributed by atoms with van der Waals surface area (Å²) in [6.45, 7) is -4.34. The quantitative estimate of drug-likeness (QED) is 0.178. The van der Waals surface area contributed by atoms with Gasteiger partial charge in [0.25, 0.3) is 0 Å². The van der Waals surface area contributed by atoms with Crippen molar-refractivity contribution in [1.29, 1.82) is 0 Å². The molecule has 0 atom stereocenters. The summed E-state index contributed by atoms with van der Waals surface area (Å²) in [5, 5.41) is 2.18. The van der Waals surface area contributed by atoms with E-state index in [9.17, 15) is 0 Å². The van der Waals surface area contributed by atoms with Gasteiger partial charge in [0, 0.05) is 45.4 Å². The topological polar surface area (TPSA) is 25.8 Å². The summed E-state index contributed by atoms with van der Waals surface area (Å²) >= 11 is 1.58. The maximum absolute atomic E-state index is 8.11. The second-order valence-corrected chi connectivity index (χ2v) is 8.12. The second-order valence-electron chi connectivity index (χ2n) is 7.06. The minimum absolute atomic E-state index is 0. The van der Waals surface area contributed by atoms with E-state index in [1.807, 2.05) is 30.3 Å². The molecule has 4 heteroatoms. The number of thiophene rings is 1. The summed E-state index contributed by atoms with van der Waals surface area (Å²) in [6, 6.07) is 24.6. The Bertz CT molecular complexity index is 1880. The number of pyridine rings is 2. The van der Waals surface area contributed by atoms with E-state index in [1.54, 1.807) is 29.5 Å². The van der Waals surface area contributed by atoms with Crippen LogP contribution in [0, 0.1) is 25.8 Å². The molecule has 2 nitrogen and oxygen atoms in total.